The molecule has 1 aliphatic heterocycles. The molecule has 2 N–H and O–H groups in total. The van der Waals surface area contributed by atoms with Crippen molar-refractivity contribution < 1.29 is 4.79 Å². The van der Waals surface area contributed by atoms with Crippen molar-refractivity contribution in [2.75, 3.05) is 6.54 Å². The number of H-pyrrole nitrogens is 2. The Labute approximate surface area is 212 Å². The van der Waals surface area contributed by atoms with Crippen molar-refractivity contribution in [3.63, 3.8) is 0 Å². The zero-order valence-electron chi connectivity index (χ0n) is 21.1. The normalized spacial score (nSPS) is 13.3. The molecule has 0 unspecified atom stereocenters. The Kier molecular flexibility index (Phi) is 5.51. The third-order valence-electron chi connectivity index (χ3n) is 7.02. The summed E-state index contributed by atoms with van der Waals surface area (Å²) >= 11 is 0. The van der Waals surface area contributed by atoms with Gasteiger partial charge in [0.25, 0.3) is 11.5 Å². The van der Waals surface area contributed by atoms with E-state index in [9.17, 15) is 9.59 Å². The fraction of sp³-hybridized carbons (Fsp3) is 0.296. The molecule has 1 amide bonds. The Morgan fingerprint density at radius 2 is 1.95 bits per heavy atom. The van der Waals surface area contributed by atoms with Crippen LogP contribution < -0.4 is 5.56 Å². The van der Waals surface area contributed by atoms with Gasteiger partial charge >= 0.3 is 0 Å². The van der Waals surface area contributed by atoms with Crippen LogP contribution in [0.25, 0.3) is 28.2 Å². The van der Waals surface area contributed by atoms with E-state index in [0.29, 0.717) is 41.3 Å². The quantitative estimate of drug-likeness (QED) is 0.386. The van der Waals surface area contributed by atoms with E-state index in [4.69, 9.17) is 4.98 Å². The fourth-order valence-corrected chi connectivity index (χ4v) is 5.16. The van der Waals surface area contributed by atoms with Crippen LogP contribution >= 0.6 is 0 Å². The maximum atomic E-state index is 13.4. The predicted molar refractivity (Wildman–Crippen MR) is 139 cm³/mol. The van der Waals surface area contributed by atoms with Gasteiger partial charge in [-0.25, -0.2) is 9.50 Å². The SMILES string of the molecule is CCCn1nc(C)c(-c2cc(C(=O)N3CCc4c(nc5cc(-c6ccccc6)[nH]n5c4=O)C3)[nH]n2)c1C. The van der Waals surface area contributed by atoms with Gasteiger partial charge in [0.05, 0.1) is 29.3 Å². The van der Waals surface area contributed by atoms with E-state index < -0.39 is 0 Å². The standard InChI is InChI=1S/C27H28N8O2/c1-4-11-34-17(3)25(16(2)31-34)21-13-22(30-29-21)27(37)33-12-10-19-23(15-33)28-24-14-20(32-35(24)26(19)36)18-8-6-5-7-9-18/h5-9,13-14,32H,4,10-12,15H2,1-3H3,(H,29,30). The number of benzene rings is 1. The third kappa shape index (κ3) is 3.85. The molecule has 5 heterocycles. The molecule has 6 rings (SSSR count). The zero-order valence-corrected chi connectivity index (χ0v) is 21.1. The molecule has 0 saturated carbocycles. The minimum absolute atomic E-state index is 0.117. The average molecular weight is 497 g/mol. The van der Waals surface area contributed by atoms with Crippen molar-refractivity contribution in [2.24, 2.45) is 0 Å². The summed E-state index contributed by atoms with van der Waals surface area (Å²) in [5.74, 6) is -0.165. The van der Waals surface area contributed by atoms with Gasteiger partial charge in [-0.1, -0.05) is 37.3 Å². The second kappa shape index (κ2) is 8.88. The van der Waals surface area contributed by atoms with Crippen LogP contribution in [0.5, 0.6) is 0 Å². The van der Waals surface area contributed by atoms with Gasteiger partial charge in [-0.2, -0.15) is 10.2 Å². The summed E-state index contributed by atoms with van der Waals surface area (Å²) in [6.07, 6.45) is 1.43. The Morgan fingerprint density at radius 3 is 2.73 bits per heavy atom. The first kappa shape index (κ1) is 23.0. The molecule has 37 heavy (non-hydrogen) atoms. The molecule has 0 atom stereocenters. The van der Waals surface area contributed by atoms with Crippen molar-refractivity contribution in [2.45, 2.75) is 46.7 Å². The maximum Gasteiger partial charge on any atom is 0.276 e. The first-order chi connectivity index (χ1) is 17.9. The molecule has 1 aromatic carbocycles. The van der Waals surface area contributed by atoms with Gasteiger partial charge in [-0.3, -0.25) is 24.5 Å². The summed E-state index contributed by atoms with van der Waals surface area (Å²) < 4.78 is 3.47. The van der Waals surface area contributed by atoms with Gasteiger partial charge in [0.1, 0.15) is 5.69 Å². The average Bonchev–Trinajstić information content (AvgIpc) is 3.62. The van der Waals surface area contributed by atoms with Crippen LogP contribution in [0.15, 0.2) is 47.3 Å². The number of hydrogen-bond acceptors (Lipinski definition) is 5. The monoisotopic (exact) mass is 496 g/mol. The minimum Gasteiger partial charge on any atom is -0.331 e. The number of aryl methyl sites for hydroxylation is 2. The van der Waals surface area contributed by atoms with Gasteiger partial charge in [-0.05, 0) is 38.3 Å². The summed E-state index contributed by atoms with van der Waals surface area (Å²) in [5.41, 5.74) is 7.48. The van der Waals surface area contributed by atoms with Crippen molar-refractivity contribution in [3.05, 3.63) is 81.2 Å². The van der Waals surface area contributed by atoms with E-state index in [1.165, 1.54) is 4.52 Å². The summed E-state index contributed by atoms with van der Waals surface area (Å²) in [4.78, 5) is 33.0. The van der Waals surface area contributed by atoms with E-state index in [-0.39, 0.29) is 18.0 Å². The highest BCUT2D eigenvalue weighted by Gasteiger charge is 2.28. The van der Waals surface area contributed by atoms with Gasteiger partial charge < -0.3 is 4.90 Å². The van der Waals surface area contributed by atoms with Gasteiger partial charge in [0.2, 0.25) is 0 Å². The van der Waals surface area contributed by atoms with Crippen LogP contribution in [0, 0.1) is 13.8 Å². The first-order valence-corrected chi connectivity index (χ1v) is 12.5. The lowest BCUT2D eigenvalue weighted by atomic mass is 10.1. The molecular formula is C27H28N8O2. The highest BCUT2D eigenvalue weighted by Crippen LogP contribution is 2.27. The van der Waals surface area contributed by atoms with Crippen LogP contribution in [0.4, 0.5) is 0 Å². The minimum atomic E-state index is -0.165. The van der Waals surface area contributed by atoms with Crippen molar-refractivity contribution >= 4 is 11.6 Å². The molecule has 0 radical (unpaired) electrons. The summed E-state index contributed by atoms with van der Waals surface area (Å²) in [6, 6.07) is 13.5. The summed E-state index contributed by atoms with van der Waals surface area (Å²) in [7, 11) is 0. The van der Waals surface area contributed by atoms with Crippen molar-refractivity contribution in [1.29, 1.82) is 0 Å². The fourth-order valence-electron chi connectivity index (χ4n) is 5.16. The van der Waals surface area contributed by atoms with Gasteiger partial charge in [0.15, 0.2) is 5.65 Å². The number of aromatic nitrogens is 7. The molecule has 1 aliphatic rings. The lowest BCUT2D eigenvalue weighted by molar-refractivity contribution is 0.0725. The molecule has 0 spiro atoms. The summed E-state index contributed by atoms with van der Waals surface area (Å²) in [5, 5.41) is 15.1. The molecule has 188 valence electrons. The van der Waals surface area contributed by atoms with Crippen molar-refractivity contribution in [3.8, 4) is 22.5 Å². The van der Waals surface area contributed by atoms with Crippen LogP contribution in [-0.4, -0.2) is 51.9 Å². The number of aromatic amines is 2. The number of carbonyl (C=O) groups is 1. The third-order valence-corrected chi connectivity index (χ3v) is 7.02. The van der Waals surface area contributed by atoms with E-state index in [1.807, 2.05) is 54.9 Å². The second-order valence-corrected chi connectivity index (χ2v) is 9.48. The number of nitrogens with zero attached hydrogens (tertiary/aromatic N) is 6. The van der Waals surface area contributed by atoms with Gasteiger partial charge in [0, 0.05) is 36.0 Å². The highest BCUT2D eigenvalue weighted by molar-refractivity contribution is 5.93. The topological polar surface area (TPSA) is 117 Å². The molecule has 5 aromatic rings. The molecule has 0 bridgehead atoms. The predicted octanol–water partition coefficient (Wildman–Crippen LogP) is 3.50. The van der Waals surface area contributed by atoms with Crippen LogP contribution in [0.3, 0.4) is 0 Å². The second-order valence-electron chi connectivity index (χ2n) is 9.48. The van der Waals surface area contributed by atoms with E-state index in [1.54, 1.807) is 11.0 Å². The number of carbonyl (C=O) groups excluding carboxylic acids is 1. The molecule has 4 aromatic heterocycles. The van der Waals surface area contributed by atoms with Gasteiger partial charge in [-0.15, -0.1) is 0 Å². The molecule has 0 aliphatic carbocycles. The maximum absolute atomic E-state index is 13.4. The van der Waals surface area contributed by atoms with Crippen LogP contribution in [0.1, 0.15) is 46.5 Å². The Bertz CT molecular complexity index is 1690. The molecule has 0 saturated heterocycles. The van der Waals surface area contributed by atoms with Crippen LogP contribution in [0.2, 0.25) is 0 Å². The van der Waals surface area contributed by atoms with E-state index in [0.717, 1.165) is 41.2 Å². The molecule has 10 nitrogen and oxygen atoms in total. The lowest BCUT2D eigenvalue weighted by Gasteiger charge is -2.27. The smallest absolute Gasteiger partial charge is 0.276 e. The number of nitrogens with one attached hydrogen (secondary N) is 2. The van der Waals surface area contributed by atoms with Crippen molar-refractivity contribution in [1.82, 2.24) is 39.5 Å². The largest absolute Gasteiger partial charge is 0.331 e. The number of fused-ring (bicyclic) bond motifs is 2. The molecular weight excluding hydrogens is 468 g/mol. The Hall–Kier alpha value is -4.47. The Morgan fingerprint density at radius 1 is 1.14 bits per heavy atom. The summed E-state index contributed by atoms with van der Waals surface area (Å²) in [6.45, 7) is 7.64. The van der Waals surface area contributed by atoms with E-state index >= 15 is 0 Å². The Balaban J connectivity index is 1.28. The van der Waals surface area contributed by atoms with Crippen LogP contribution in [-0.2, 0) is 19.5 Å². The number of amides is 1. The molecule has 10 heteroatoms. The zero-order chi connectivity index (χ0) is 25.7. The number of rotatable bonds is 5. The lowest BCUT2D eigenvalue weighted by Crippen LogP contribution is -2.39. The first-order valence-electron chi connectivity index (χ1n) is 12.5. The van der Waals surface area contributed by atoms with E-state index in [2.05, 4.69) is 27.3 Å². The number of hydrogen-bond donors (Lipinski definition) is 2. The highest BCUT2D eigenvalue weighted by atomic mass is 16.2. The molecule has 0 fully saturated rings.